The van der Waals surface area contributed by atoms with Gasteiger partial charge >= 0.3 is 5.97 Å². The number of nitrogens with zero attached hydrogens (tertiary/aromatic N) is 2. The molecule has 0 aliphatic carbocycles. The summed E-state index contributed by atoms with van der Waals surface area (Å²) in [6, 6.07) is 2.40. The fourth-order valence-corrected chi connectivity index (χ4v) is 1.72. The molecule has 0 saturated heterocycles. The number of carbonyl (C=O) groups excluding carboxylic acids is 1. The molecule has 0 aromatic rings. The van der Waals surface area contributed by atoms with E-state index in [1.807, 2.05) is 13.8 Å². The minimum Gasteiger partial charge on any atom is -0.468 e. The van der Waals surface area contributed by atoms with Gasteiger partial charge in [-0.05, 0) is 13.8 Å². The number of esters is 1. The van der Waals surface area contributed by atoms with Crippen LogP contribution in [0, 0.1) is 11.3 Å². The number of ether oxygens (including phenoxy) is 1. The number of alkyl halides is 1. The van der Waals surface area contributed by atoms with Gasteiger partial charge in [0.05, 0.1) is 13.2 Å². The van der Waals surface area contributed by atoms with Crippen molar-refractivity contribution in [3.05, 3.63) is 0 Å². The van der Waals surface area contributed by atoms with Crippen LogP contribution in [0.15, 0.2) is 0 Å². The van der Waals surface area contributed by atoms with Crippen molar-refractivity contribution in [2.45, 2.75) is 31.1 Å². The van der Waals surface area contributed by atoms with Crippen LogP contribution < -0.4 is 0 Å². The van der Waals surface area contributed by atoms with E-state index in [1.165, 1.54) is 7.11 Å². The van der Waals surface area contributed by atoms with E-state index in [2.05, 4.69) is 31.6 Å². The minimum atomic E-state index is -0.330. The second kappa shape index (κ2) is 7.66. The number of halogens is 1. The van der Waals surface area contributed by atoms with Gasteiger partial charge in [-0.2, -0.15) is 5.26 Å². The van der Waals surface area contributed by atoms with Crippen LogP contribution in [0.25, 0.3) is 0 Å². The summed E-state index contributed by atoms with van der Waals surface area (Å²) in [6.45, 7) is 5.31. The highest BCUT2D eigenvalue weighted by molar-refractivity contribution is 9.10. The predicted molar refractivity (Wildman–Crippen MR) is 61.7 cm³/mol. The van der Waals surface area contributed by atoms with E-state index in [9.17, 15) is 4.79 Å². The molecule has 15 heavy (non-hydrogen) atoms. The van der Waals surface area contributed by atoms with Crippen molar-refractivity contribution in [2.75, 3.05) is 20.2 Å². The summed E-state index contributed by atoms with van der Waals surface area (Å²) in [7, 11) is 1.37. The molecule has 0 radical (unpaired) electrons. The third-order valence-electron chi connectivity index (χ3n) is 2.09. The maximum Gasteiger partial charge on any atom is 0.320 e. The van der Waals surface area contributed by atoms with Gasteiger partial charge in [0.15, 0.2) is 0 Å². The topological polar surface area (TPSA) is 53.3 Å². The van der Waals surface area contributed by atoms with E-state index < -0.39 is 0 Å². The molecule has 0 N–H and O–H groups in total. The lowest BCUT2D eigenvalue weighted by Crippen LogP contribution is -2.39. The van der Waals surface area contributed by atoms with Crippen molar-refractivity contribution in [1.82, 2.24) is 4.90 Å². The molecule has 1 unspecified atom stereocenters. The Kier molecular flexibility index (Phi) is 7.35. The molecule has 0 heterocycles. The van der Waals surface area contributed by atoms with Crippen molar-refractivity contribution in [3.63, 3.8) is 0 Å². The largest absolute Gasteiger partial charge is 0.468 e. The summed E-state index contributed by atoms with van der Waals surface area (Å²) < 4.78 is 4.62. The van der Waals surface area contributed by atoms with Crippen molar-refractivity contribution < 1.29 is 9.53 Å². The molecule has 0 aliphatic heterocycles. The first-order valence-electron chi connectivity index (χ1n) is 4.85. The van der Waals surface area contributed by atoms with Crippen LogP contribution in [0.3, 0.4) is 0 Å². The number of carbonyl (C=O) groups is 1. The van der Waals surface area contributed by atoms with Gasteiger partial charge in [-0.25, -0.2) is 0 Å². The number of methoxy groups -OCH3 is 1. The monoisotopic (exact) mass is 276 g/mol. The fourth-order valence-electron chi connectivity index (χ4n) is 1.16. The Morgan fingerprint density at radius 3 is 2.60 bits per heavy atom. The zero-order valence-corrected chi connectivity index (χ0v) is 11.0. The highest BCUT2D eigenvalue weighted by Gasteiger charge is 2.20. The Morgan fingerprint density at radius 1 is 1.60 bits per heavy atom. The first-order chi connectivity index (χ1) is 7.02. The Labute approximate surface area is 99.3 Å². The molecular weight excluding hydrogens is 260 g/mol. The van der Waals surface area contributed by atoms with Crippen molar-refractivity contribution in [1.29, 1.82) is 5.26 Å². The van der Waals surface area contributed by atoms with Gasteiger partial charge in [0.1, 0.15) is 4.83 Å². The average Bonchev–Trinajstić information content (AvgIpc) is 2.22. The summed E-state index contributed by atoms with van der Waals surface area (Å²) in [5.41, 5.74) is 0. The quantitative estimate of drug-likeness (QED) is 0.546. The Bertz CT molecular complexity index is 238. The van der Waals surface area contributed by atoms with Gasteiger partial charge in [0.25, 0.3) is 0 Å². The fraction of sp³-hybridized carbons (Fsp3) is 0.800. The van der Waals surface area contributed by atoms with Gasteiger partial charge in [-0.3, -0.25) is 9.69 Å². The molecule has 0 saturated carbocycles. The van der Waals surface area contributed by atoms with E-state index in [-0.39, 0.29) is 10.8 Å². The molecule has 4 nitrogen and oxygen atoms in total. The number of nitriles is 1. The smallest absolute Gasteiger partial charge is 0.320 e. The molecule has 0 amide bonds. The van der Waals surface area contributed by atoms with Gasteiger partial charge in [0.2, 0.25) is 0 Å². The zero-order chi connectivity index (χ0) is 11.8. The maximum absolute atomic E-state index is 11.2. The summed E-state index contributed by atoms with van der Waals surface area (Å²) in [5.74, 6) is -0.280. The predicted octanol–water partition coefficient (Wildman–Crippen LogP) is 1.55. The first-order valence-corrected chi connectivity index (χ1v) is 5.77. The SMILES string of the molecule is COC(=O)C(Br)CN(CCC#N)C(C)C. The number of hydrogen-bond acceptors (Lipinski definition) is 4. The lowest BCUT2D eigenvalue weighted by Gasteiger charge is -2.26. The van der Waals surface area contributed by atoms with Gasteiger partial charge in [-0.1, -0.05) is 15.9 Å². The highest BCUT2D eigenvalue weighted by Crippen LogP contribution is 2.08. The van der Waals surface area contributed by atoms with Crippen LogP contribution in [0.4, 0.5) is 0 Å². The van der Waals surface area contributed by atoms with Gasteiger partial charge < -0.3 is 4.74 Å². The van der Waals surface area contributed by atoms with Crippen LogP contribution >= 0.6 is 15.9 Å². The molecular formula is C10H17BrN2O2. The second-order valence-electron chi connectivity index (χ2n) is 3.49. The summed E-state index contributed by atoms with van der Waals surface area (Å²) in [6.07, 6.45) is 0.471. The minimum absolute atomic E-state index is 0.280. The van der Waals surface area contributed by atoms with Crippen LogP contribution in [0.5, 0.6) is 0 Å². The lowest BCUT2D eigenvalue weighted by molar-refractivity contribution is -0.140. The van der Waals surface area contributed by atoms with Crippen molar-refractivity contribution >= 4 is 21.9 Å². The average molecular weight is 277 g/mol. The van der Waals surface area contributed by atoms with E-state index >= 15 is 0 Å². The van der Waals surface area contributed by atoms with E-state index in [0.717, 1.165) is 0 Å². The number of rotatable bonds is 6. The van der Waals surface area contributed by atoms with Gasteiger partial charge in [-0.15, -0.1) is 0 Å². The standard InChI is InChI=1S/C10H17BrN2O2/c1-8(2)13(6-4-5-12)7-9(11)10(14)15-3/h8-9H,4,6-7H2,1-3H3. The van der Waals surface area contributed by atoms with Crippen LogP contribution in [-0.4, -0.2) is 41.9 Å². The molecule has 0 aromatic carbocycles. The van der Waals surface area contributed by atoms with Crippen LogP contribution in [-0.2, 0) is 9.53 Å². The first kappa shape index (κ1) is 14.4. The van der Waals surface area contributed by atoms with E-state index in [4.69, 9.17) is 5.26 Å². The molecule has 0 aliphatic rings. The number of hydrogen-bond donors (Lipinski definition) is 0. The molecule has 5 heteroatoms. The highest BCUT2D eigenvalue weighted by atomic mass is 79.9. The van der Waals surface area contributed by atoms with Gasteiger partial charge in [0, 0.05) is 25.6 Å². The zero-order valence-electron chi connectivity index (χ0n) is 9.36. The third kappa shape index (κ3) is 5.75. The van der Waals surface area contributed by atoms with E-state index in [1.54, 1.807) is 0 Å². The Balaban J connectivity index is 4.16. The second-order valence-corrected chi connectivity index (χ2v) is 4.59. The molecule has 0 fully saturated rings. The summed E-state index contributed by atoms with van der Waals surface area (Å²) >= 11 is 3.27. The van der Waals surface area contributed by atoms with Crippen molar-refractivity contribution in [3.8, 4) is 6.07 Å². The van der Waals surface area contributed by atoms with Crippen LogP contribution in [0.1, 0.15) is 20.3 Å². The molecule has 0 rings (SSSR count). The molecule has 0 aromatic heterocycles. The third-order valence-corrected chi connectivity index (χ3v) is 2.76. The van der Waals surface area contributed by atoms with Crippen molar-refractivity contribution in [2.24, 2.45) is 0 Å². The summed E-state index contributed by atoms with van der Waals surface area (Å²) in [5, 5.41) is 8.51. The molecule has 86 valence electrons. The molecule has 0 spiro atoms. The van der Waals surface area contributed by atoms with E-state index in [0.29, 0.717) is 25.6 Å². The lowest BCUT2D eigenvalue weighted by atomic mass is 10.2. The normalized spacial score (nSPS) is 12.6. The Morgan fingerprint density at radius 2 is 2.20 bits per heavy atom. The summed E-state index contributed by atoms with van der Waals surface area (Å²) in [4.78, 5) is 12.9. The maximum atomic E-state index is 11.2. The van der Waals surface area contributed by atoms with Crippen LogP contribution in [0.2, 0.25) is 0 Å². The Hall–Kier alpha value is -0.600. The molecule has 1 atom stereocenters. The molecule has 0 bridgehead atoms.